The van der Waals surface area contributed by atoms with Crippen molar-refractivity contribution in [3.05, 3.63) is 63.4 Å². The van der Waals surface area contributed by atoms with E-state index in [1.54, 1.807) is 32.0 Å². The number of benzene rings is 1. The Morgan fingerprint density at radius 3 is 2.46 bits per heavy atom. The van der Waals surface area contributed by atoms with Crippen molar-refractivity contribution in [2.24, 2.45) is 5.92 Å². The first-order valence-electron chi connectivity index (χ1n) is 11.9. The largest absolute Gasteiger partial charge is 0.480 e. The zero-order valence-electron chi connectivity index (χ0n) is 22.0. The first-order chi connectivity index (χ1) is 18.1. The van der Waals surface area contributed by atoms with Gasteiger partial charge in [-0.2, -0.15) is 5.09 Å². The Morgan fingerprint density at radius 2 is 1.92 bits per heavy atom. The van der Waals surface area contributed by atoms with Crippen molar-refractivity contribution >= 4 is 19.7 Å². The second kappa shape index (κ2) is 11.4. The van der Waals surface area contributed by atoms with E-state index in [2.05, 4.69) is 5.09 Å². The molecule has 2 heterocycles. The molecule has 0 bridgehead atoms. The van der Waals surface area contributed by atoms with Gasteiger partial charge in [0.2, 0.25) is 0 Å². The number of rotatable bonds is 11. The second-order valence-corrected chi connectivity index (χ2v) is 11.4. The van der Waals surface area contributed by atoms with E-state index in [0.29, 0.717) is 0 Å². The van der Waals surface area contributed by atoms with Gasteiger partial charge in [0, 0.05) is 19.2 Å². The molecular formula is C24H31FN3O10P. The Kier molecular flexibility index (Phi) is 8.85. The number of carbonyl (C=O) groups excluding carboxylic acids is 1. The van der Waals surface area contributed by atoms with Gasteiger partial charge in [-0.1, -0.05) is 32.0 Å². The number of nitrogens with one attached hydrogen (secondary N) is 2. The molecule has 0 amide bonds. The highest BCUT2D eigenvalue weighted by atomic mass is 31.2. The van der Waals surface area contributed by atoms with Crippen LogP contribution in [0.25, 0.3) is 0 Å². The molecule has 2 aromatic rings. The van der Waals surface area contributed by atoms with Gasteiger partial charge in [-0.15, -0.1) is 0 Å². The number of carboxylic acid groups (broad SMARTS) is 1. The van der Waals surface area contributed by atoms with E-state index in [1.807, 2.05) is 4.98 Å². The standard InChI is InChI=1S/C24H31FN3O10P/c1-14(2)24(5,21(31)32)27-39(34,38-16-9-7-6-8-10-16)35-13-17-19(36-15(3)29)23(4,25)20(37-17)28-12-11-18(30)26-22(28)33/h6-12,14,17,19-20H,13H2,1-5H3,(H,27,34)(H,31,32)(H,26,30,33)/t17-,19+,20-,23?,24+,39?/m1/s1. The number of aliphatic carboxylic acids is 1. The molecule has 1 aromatic heterocycles. The van der Waals surface area contributed by atoms with E-state index in [-0.39, 0.29) is 5.75 Å². The maximum Gasteiger partial charge on any atom is 0.459 e. The van der Waals surface area contributed by atoms with Crippen LogP contribution >= 0.6 is 7.75 Å². The van der Waals surface area contributed by atoms with Gasteiger partial charge in [0.25, 0.3) is 5.56 Å². The number of H-pyrrole nitrogens is 1. The van der Waals surface area contributed by atoms with Crippen molar-refractivity contribution < 1.29 is 42.2 Å². The molecule has 2 unspecified atom stereocenters. The van der Waals surface area contributed by atoms with Gasteiger partial charge in [-0.3, -0.25) is 28.5 Å². The third kappa shape index (κ3) is 6.64. The molecule has 1 fully saturated rings. The van der Waals surface area contributed by atoms with E-state index in [1.165, 1.54) is 19.1 Å². The predicted octanol–water partition coefficient (Wildman–Crippen LogP) is 2.39. The quantitative estimate of drug-likeness (QED) is 0.267. The van der Waals surface area contributed by atoms with E-state index < -0.39 is 73.1 Å². The molecule has 1 aromatic carbocycles. The lowest BCUT2D eigenvalue weighted by Gasteiger charge is -2.34. The molecule has 0 radical (unpaired) electrons. The SMILES string of the molecule is CC(=O)O[C@H]1[C@@H](COP(=O)(N[C@](C)(C(=O)O)C(C)C)Oc2ccccc2)O[C@@H](n2ccc(=O)[nH]c2=O)C1(C)F. The van der Waals surface area contributed by atoms with Crippen molar-refractivity contribution in [2.75, 3.05) is 6.61 Å². The molecule has 0 saturated carbocycles. The summed E-state index contributed by atoms with van der Waals surface area (Å²) in [6, 6.07) is 8.79. The lowest BCUT2D eigenvalue weighted by Crippen LogP contribution is -2.53. The molecule has 3 rings (SSSR count). The average Bonchev–Trinajstić information content (AvgIpc) is 3.07. The molecule has 6 atom stereocenters. The smallest absolute Gasteiger partial charge is 0.459 e. The molecule has 214 valence electrons. The topological polar surface area (TPSA) is 175 Å². The van der Waals surface area contributed by atoms with Gasteiger partial charge < -0.3 is 19.1 Å². The summed E-state index contributed by atoms with van der Waals surface area (Å²) in [4.78, 5) is 49.7. The average molecular weight is 571 g/mol. The van der Waals surface area contributed by atoms with Crippen molar-refractivity contribution in [1.29, 1.82) is 0 Å². The molecule has 0 spiro atoms. The third-order valence-corrected chi connectivity index (χ3v) is 8.10. The molecular weight excluding hydrogens is 540 g/mol. The number of aromatic amines is 1. The number of nitrogens with zero attached hydrogens (tertiary/aromatic N) is 1. The zero-order chi connectivity index (χ0) is 29.2. The van der Waals surface area contributed by atoms with Crippen LogP contribution in [0.2, 0.25) is 0 Å². The molecule has 3 N–H and O–H groups in total. The van der Waals surface area contributed by atoms with Crippen LogP contribution in [0.5, 0.6) is 5.75 Å². The van der Waals surface area contributed by atoms with Crippen LogP contribution in [0.1, 0.15) is 40.8 Å². The van der Waals surface area contributed by atoms with Crippen molar-refractivity contribution in [2.45, 2.75) is 64.3 Å². The van der Waals surface area contributed by atoms with Crippen LogP contribution in [0.3, 0.4) is 0 Å². The van der Waals surface area contributed by atoms with Gasteiger partial charge in [0.1, 0.15) is 17.4 Å². The Bertz CT molecular complexity index is 1360. The van der Waals surface area contributed by atoms with Crippen LogP contribution in [-0.4, -0.2) is 56.6 Å². The molecule has 1 saturated heterocycles. The minimum atomic E-state index is -4.52. The van der Waals surface area contributed by atoms with Gasteiger partial charge in [0.15, 0.2) is 18.0 Å². The highest BCUT2D eigenvalue weighted by Crippen LogP contribution is 2.49. The molecule has 39 heavy (non-hydrogen) atoms. The lowest BCUT2D eigenvalue weighted by atomic mass is 9.90. The summed E-state index contributed by atoms with van der Waals surface area (Å²) in [5.74, 6) is -2.70. The first-order valence-corrected chi connectivity index (χ1v) is 13.5. The Labute approximate surface area is 222 Å². The summed E-state index contributed by atoms with van der Waals surface area (Å²) in [7, 11) is -4.52. The number of hydrogen-bond donors (Lipinski definition) is 3. The highest BCUT2D eigenvalue weighted by molar-refractivity contribution is 7.52. The third-order valence-electron chi connectivity index (χ3n) is 6.42. The Morgan fingerprint density at radius 1 is 1.28 bits per heavy atom. The van der Waals surface area contributed by atoms with E-state index in [0.717, 1.165) is 30.7 Å². The minimum absolute atomic E-state index is 0.0849. The van der Waals surface area contributed by atoms with Gasteiger partial charge in [0.05, 0.1) is 6.61 Å². The van der Waals surface area contributed by atoms with Crippen molar-refractivity contribution in [3.63, 3.8) is 0 Å². The van der Waals surface area contributed by atoms with Gasteiger partial charge in [-0.25, -0.2) is 13.8 Å². The Balaban J connectivity index is 1.96. The summed E-state index contributed by atoms with van der Waals surface area (Å²) in [5, 5.41) is 12.3. The highest BCUT2D eigenvalue weighted by Gasteiger charge is 2.58. The number of halogens is 1. The van der Waals surface area contributed by atoms with Gasteiger partial charge in [-0.05, 0) is 31.9 Å². The molecule has 1 aliphatic rings. The van der Waals surface area contributed by atoms with Crippen LogP contribution < -0.4 is 20.9 Å². The number of carboxylic acids is 1. The number of alkyl halides is 1. The summed E-state index contributed by atoms with van der Waals surface area (Å²) in [6.07, 6.45) is -3.75. The zero-order valence-corrected chi connectivity index (χ0v) is 22.8. The molecule has 1 aliphatic heterocycles. The van der Waals surface area contributed by atoms with Crippen LogP contribution in [-0.2, 0) is 28.2 Å². The number of aromatic nitrogens is 2. The lowest BCUT2D eigenvalue weighted by molar-refractivity contribution is -0.155. The second-order valence-electron chi connectivity index (χ2n) is 9.70. The van der Waals surface area contributed by atoms with E-state index in [9.17, 15) is 28.8 Å². The summed E-state index contributed by atoms with van der Waals surface area (Å²) in [5.41, 5.74) is -6.00. The number of hydrogen-bond acceptors (Lipinski definition) is 9. The first kappa shape index (κ1) is 30.2. The maximum absolute atomic E-state index is 16.1. The summed E-state index contributed by atoms with van der Waals surface area (Å²) >= 11 is 0. The number of carbonyl (C=O) groups is 2. The summed E-state index contributed by atoms with van der Waals surface area (Å²) < 4.78 is 52.8. The van der Waals surface area contributed by atoms with Crippen molar-refractivity contribution in [3.8, 4) is 5.75 Å². The van der Waals surface area contributed by atoms with Crippen LogP contribution in [0.4, 0.5) is 4.39 Å². The fraction of sp³-hybridized carbons (Fsp3) is 0.500. The van der Waals surface area contributed by atoms with Gasteiger partial charge >= 0.3 is 25.4 Å². The fourth-order valence-corrected chi connectivity index (χ4v) is 5.73. The van der Waals surface area contributed by atoms with Crippen LogP contribution in [0.15, 0.2) is 52.2 Å². The van der Waals surface area contributed by atoms with Crippen molar-refractivity contribution in [1.82, 2.24) is 14.6 Å². The predicted molar refractivity (Wildman–Crippen MR) is 135 cm³/mol. The number of para-hydroxylation sites is 1. The molecule has 13 nitrogen and oxygen atoms in total. The van der Waals surface area contributed by atoms with E-state index >= 15 is 4.39 Å². The monoisotopic (exact) mass is 571 g/mol. The summed E-state index contributed by atoms with van der Waals surface area (Å²) in [6.45, 7) is 5.84. The fourth-order valence-electron chi connectivity index (χ4n) is 3.90. The van der Waals surface area contributed by atoms with E-state index in [4.69, 9.17) is 18.5 Å². The van der Waals surface area contributed by atoms with Crippen LogP contribution in [0, 0.1) is 5.92 Å². The minimum Gasteiger partial charge on any atom is -0.480 e. The normalized spacial score (nSPS) is 26.0. The Hall–Kier alpha value is -3.32. The molecule has 15 heteroatoms. The molecule has 0 aliphatic carbocycles. The maximum atomic E-state index is 16.1. The number of ether oxygens (including phenoxy) is 2. The number of esters is 1.